The summed E-state index contributed by atoms with van der Waals surface area (Å²) in [6.07, 6.45) is 4.34. The van der Waals surface area contributed by atoms with E-state index in [1.165, 1.54) is 36.8 Å². The van der Waals surface area contributed by atoms with E-state index in [0.717, 1.165) is 0 Å². The van der Waals surface area contributed by atoms with Gasteiger partial charge in [0.25, 0.3) is 0 Å². The van der Waals surface area contributed by atoms with Gasteiger partial charge in [0.2, 0.25) is 0 Å². The number of quaternary nitrogens is 1. The van der Waals surface area contributed by atoms with Gasteiger partial charge in [0.15, 0.2) is 0 Å². The summed E-state index contributed by atoms with van der Waals surface area (Å²) in [6, 6.07) is 0. The quantitative estimate of drug-likeness (QED) is 0.357. The van der Waals surface area contributed by atoms with Gasteiger partial charge >= 0.3 is 0 Å². The molecule has 0 aromatic carbocycles. The van der Waals surface area contributed by atoms with Crippen LogP contribution in [0.4, 0.5) is 0 Å². The number of carbonyl (C=O) groups is 1. The van der Waals surface area contributed by atoms with Crippen LogP contribution in [-0.2, 0) is 4.79 Å². The van der Waals surface area contributed by atoms with Crippen molar-refractivity contribution in [2.45, 2.75) is 19.3 Å². The van der Waals surface area contributed by atoms with E-state index in [2.05, 4.69) is 14.1 Å². The first kappa shape index (κ1) is 10.4. The van der Waals surface area contributed by atoms with E-state index in [4.69, 9.17) is 9.90 Å². The molecule has 0 amide bonds. The number of rotatable bonds is 0. The van der Waals surface area contributed by atoms with Crippen LogP contribution < -0.4 is 5.11 Å². The molecule has 1 aliphatic heterocycles. The van der Waals surface area contributed by atoms with E-state index in [-0.39, 0.29) is 0 Å². The lowest BCUT2D eigenvalue weighted by Gasteiger charge is -2.33. The van der Waals surface area contributed by atoms with Crippen LogP contribution in [0.15, 0.2) is 0 Å². The highest BCUT2D eigenvalue weighted by Crippen LogP contribution is 2.11. The van der Waals surface area contributed by atoms with Gasteiger partial charge in [0.1, 0.15) is 0 Å². The fraction of sp³-hybridized carbons (Fsp3) is 0.875. The molecule has 1 aliphatic rings. The molecular weight excluding hydrogens is 142 g/mol. The second-order valence-corrected chi connectivity index (χ2v) is 3.54. The van der Waals surface area contributed by atoms with Crippen molar-refractivity contribution >= 4 is 6.47 Å². The lowest BCUT2D eigenvalue weighted by atomic mass is 10.1. The van der Waals surface area contributed by atoms with Gasteiger partial charge in [-0.3, -0.25) is 0 Å². The number of hydrogen-bond acceptors (Lipinski definition) is 2. The largest absolute Gasteiger partial charge is 0.554 e. The van der Waals surface area contributed by atoms with Crippen molar-refractivity contribution in [1.29, 1.82) is 0 Å². The summed E-state index contributed by atoms with van der Waals surface area (Å²) < 4.78 is 1.25. The monoisotopic (exact) mass is 159 g/mol. The Bertz CT molecular complexity index is 105. The molecular formula is C8H17NO2. The Morgan fingerprint density at radius 1 is 1.18 bits per heavy atom. The molecule has 0 aliphatic carbocycles. The van der Waals surface area contributed by atoms with Crippen LogP contribution in [0.5, 0.6) is 0 Å². The summed E-state index contributed by atoms with van der Waals surface area (Å²) in [6.45, 7) is 2.28. The van der Waals surface area contributed by atoms with Crippen molar-refractivity contribution in [3.8, 4) is 0 Å². The summed E-state index contributed by atoms with van der Waals surface area (Å²) in [5.41, 5.74) is 0. The Hall–Kier alpha value is -0.570. The second-order valence-electron chi connectivity index (χ2n) is 3.54. The molecule has 0 N–H and O–H groups in total. The molecule has 0 bridgehead atoms. The molecule has 0 saturated carbocycles. The van der Waals surface area contributed by atoms with Crippen LogP contribution >= 0.6 is 0 Å². The molecule has 3 nitrogen and oxygen atoms in total. The highest BCUT2D eigenvalue weighted by atomic mass is 16.3. The van der Waals surface area contributed by atoms with Gasteiger partial charge in [0, 0.05) is 6.47 Å². The zero-order chi connectivity index (χ0) is 8.74. The third-order valence-electron chi connectivity index (χ3n) is 2.03. The Morgan fingerprint density at radius 2 is 1.55 bits per heavy atom. The fourth-order valence-corrected chi connectivity index (χ4v) is 1.37. The minimum atomic E-state index is -0.500. The van der Waals surface area contributed by atoms with Crippen LogP contribution in [0.2, 0.25) is 0 Å². The van der Waals surface area contributed by atoms with Crippen LogP contribution in [0, 0.1) is 0 Å². The molecule has 1 fully saturated rings. The lowest BCUT2D eigenvalue weighted by molar-refractivity contribution is -0.894. The Balaban J connectivity index is 0.000000292. The standard InChI is InChI=1S/C7H16N.CH2O2/c1-8(2)6-4-3-5-7-8;2-1-3/h3-7H2,1-2H3;1H,(H,2,3)/q+1;/p-1. The van der Waals surface area contributed by atoms with Crippen molar-refractivity contribution < 1.29 is 14.4 Å². The molecule has 11 heavy (non-hydrogen) atoms. The number of hydrogen-bond donors (Lipinski definition) is 0. The molecule has 0 spiro atoms. The average molecular weight is 159 g/mol. The van der Waals surface area contributed by atoms with Crippen molar-refractivity contribution in [3.63, 3.8) is 0 Å². The summed E-state index contributed by atoms with van der Waals surface area (Å²) in [4.78, 5) is 8.25. The van der Waals surface area contributed by atoms with E-state index in [0.29, 0.717) is 0 Å². The number of likely N-dealkylation sites (tertiary alicyclic amines) is 1. The van der Waals surface area contributed by atoms with Crippen LogP contribution in [-0.4, -0.2) is 38.1 Å². The molecule has 0 atom stereocenters. The topological polar surface area (TPSA) is 40.1 Å². The molecule has 0 radical (unpaired) electrons. The lowest BCUT2D eigenvalue weighted by Crippen LogP contribution is -2.43. The van der Waals surface area contributed by atoms with Gasteiger partial charge in [-0.1, -0.05) is 0 Å². The third-order valence-corrected chi connectivity index (χ3v) is 2.03. The van der Waals surface area contributed by atoms with E-state index in [1.807, 2.05) is 0 Å². The summed E-state index contributed by atoms with van der Waals surface area (Å²) in [7, 11) is 4.64. The summed E-state index contributed by atoms with van der Waals surface area (Å²) in [5.74, 6) is 0. The number of piperidine rings is 1. The molecule has 0 aromatic rings. The smallest absolute Gasteiger partial charge is 0.0782 e. The van der Waals surface area contributed by atoms with Gasteiger partial charge in [-0.25, -0.2) is 0 Å². The third kappa shape index (κ3) is 5.85. The van der Waals surface area contributed by atoms with Crippen LogP contribution in [0.1, 0.15) is 19.3 Å². The minimum Gasteiger partial charge on any atom is -0.554 e. The minimum absolute atomic E-state index is 0.500. The van der Waals surface area contributed by atoms with Gasteiger partial charge < -0.3 is 14.4 Å². The molecule has 1 saturated heterocycles. The van der Waals surface area contributed by atoms with Crippen molar-refractivity contribution in [1.82, 2.24) is 0 Å². The molecule has 0 unspecified atom stereocenters. The van der Waals surface area contributed by atoms with Gasteiger partial charge in [-0.05, 0) is 19.3 Å². The normalized spacial score (nSPS) is 21.3. The fourth-order valence-electron chi connectivity index (χ4n) is 1.37. The van der Waals surface area contributed by atoms with Crippen LogP contribution in [0.25, 0.3) is 0 Å². The Morgan fingerprint density at radius 3 is 1.73 bits per heavy atom. The SMILES string of the molecule is C[N+]1(C)CCCCC1.O=C[O-]. The van der Waals surface area contributed by atoms with E-state index in [1.54, 1.807) is 0 Å². The van der Waals surface area contributed by atoms with Crippen molar-refractivity contribution in [3.05, 3.63) is 0 Å². The molecule has 1 heterocycles. The maximum absolute atomic E-state index is 8.25. The van der Waals surface area contributed by atoms with E-state index < -0.39 is 6.47 Å². The average Bonchev–Trinajstić information content (AvgIpc) is 1.88. The van der Waals surface area contributed by atoms with Gasteiger partial charge in [-0.2, -0.15) is 0 Å². The maximum Gasteiger partial charge on any atom is 0.0782 e. The van der Waals surface area contributed by atoms with Crippen LogP contribution in [0.3, 0.4) is 0 Å². The second kappa shape index (κ2) is 5.13. The Kier molecular flexibility index (Phi) is 4.86. The summed E-state index contributed by atoms with van der Waals surface area (Å²) in [5, 5.41) is 8.25. The van der Waals surface area contributed by atoms with Crippen molar-refractivity contribution in [2.24, 2.45) is 0 Å². The predicted octanol–water partition coefficient (Wildman–Crippen LogP) is -0.387. The highest BCUT2D eigenvalue weighted by Gasteiger charge is 2.17. The van der Waals surface area contributed by atoms with E-state index >= 15 is 0 Å². The van der Waals surface area contributed by atoms with Gasteiger partial charge in [0.05, 0.1) is 27.2 Å². The molecule has 3 heteroatoms. The predicted molar refractivity (Wildman–Crippen MR) is 41.8 cm³/mol. The highest BCUT2D eigenvalue weighted by molar-refractivity contribution is 5.29. The molecule has 66 valence electrons. The van der Waals surface area contributed by atoms with Crippen molar-refractivity contribution in [2.75, 3.05) is 27.2 Å². The van der Waals surface area contributed by atoms with Gasteiger partial charge in [-0.15, -0.1) is 0 Å². The Labute approximate surface area is 68.2 Å². The number of carboxylic acid groups (broad SMARTS) is 1. The maximum atomic E-state index is 8.25. The first-order valence-electron chi connectivity index (χ1n) is 4.00. The first-order valence-corrected chi connectivity index (χ1v) is 4.00. The molecule has 0 aromatic heterocycles. The zero-order valence-corrected chi connectivity index (χ0v) is 7.38. The van der Waals surface area contributed by atoms with E-state index in [9.17, 15) is 0 Å². The zero-order valence-electron chi connectivity index (χ0n) is 7.38. The summed E-state index contributed by atoms with van der Waals surface area (Å²) >= 11 is 0. The number of carbonyl (C=O) groups excluding carboxylic acids is 1. The number of nitrogens with zero attached hydrogens (tertiary/aromatic N) is 1. The first-order chi connectivity index (χ1) is 5.12. The molecule has 1 rings (SSSR count).